The van der Waals surface area contributed by atoms with Crippen molar-refractivity contribution in [2.45, 2.75) is 33.2 Å². The number of carbonyl (C=O) groups excluding carboxylic acids is 1. The summed E-state index contributed by atoms with van der Waals surface area (Å²) in [5.74, 6) is -0.357. The first-order valence-corrected chi connectivity index (χ1v) is 6.28. The van der Waals surface area contributed by atoms with E-state index in [-0.39, 0.29) is 5.91 Å². The molecule has 0 aliphatic rings. The van der Waals surface area contributed by atoms with Crippen LogP contribution in [0.15, 0.2) is 24.3 Å². The van der Waals surface area contributed by atoms with Crippen molar-refractivity contribution in [1.82, 2.24) is 4.90 Å². The highest BCUT2D eigenvalue weighted by atomic mass is 16.1. The highest BCUT2D eigenvalue weighted by Gasteiger charge is 2.06. The Labute approximate surface area is 104 Å². The third-order valence-electron chi connectivity index (χ3n) is 2.70. The molecule has 17 heavy (non-hydrogen) atoms. The van der Waals surface area contributed by atoms with Gasteiger partial charge in [0.25, 0.3) is 0 Å². The van der Waals surface area contributed by atoms with E-state index >= 15 is 0 Å². The van der Waals surface area contributed by atoms with Gasteiger partial charge in [0.05, 0.1) is 0 Å². The predicted octanol–water partition coefficient (Wildman–Crippen LogP) is 2.41. The fourth-order valence-corrected chi connectivity index (χ4v) is 1.98. The van der Waals surface area contributed by atoms with E-state index in [9.17, 15) is 4.79 Å². The number of hydrogen-bond acceptors (Lipinski definition) is 2. The second-order valence-corrected chi connectivity index (χ2v) is 4.34. The van der Waals surface area contributed by atoms with E-state index in [2.05, 4.69) is 18.7 Å². The maximum absolute atomic E-state index is 11.1. The highest BCUT2D eigenvalue weighted by molar-refractivity contribution is 5.92. The zero-order valence-electron chi connectivity index (χ0n) is 10.8. The Hall–Kier alpha value is -1.35. The van der Waals surface area contributed by atoms with Crippen molar-refractivity contribution in [3.63, 3.8) is 0 Å². The van der Waals surface area contributed by atoms with Crippen LogP contribution in [0.5, 0.6) is 0 Å². The second-order valence-electron chi connectivity index (χ2n) is 4.34. The molecule has 3 nitrogen and oxygen atoms in total. The van der Waals surface area contributed by atoms with Crippen LogP contribution in [0.3, 0.4) is 0 Å². The lowest BCUT2D eigenvalue weighted by Gasteiger charge is -2.21. The topological polar surface area (TPSA) is 46.3 Å². The van der Waals surface area contributed by atoms with E-state index in [0.29, 0.717) is 5.56 Å². The first kappa shape index (κ1) is 13.7. The predicted molar refractivity (Wildman–Crippen MR) is 70.8 cm³/mol. The fraction of sp³-hybridized carbons (Fsp3) is 0.500. The zero-order valence-corrected chi connectivity index (χ0v) is 10.8. The summed E-state index contributed by atoms with van der Waals surface area (Å²) < 4.78 is 0. The highest BCUT2D eigenvalue weighted by Crippen LogP contribution is 2.09. The molecule has 94 valence electrons. The van der Waals surface area contributed by atoms with Crippen LogP contribution in [-0.4, -0.2) is 23.9 Å². The smallest absolute Gasteiger partial charge is 0.248 e. The Balaban J connectivity index is 2.71. The molecule has 1 aromatic rings. The summed E-state index contributed by atoms with van der Waals surface area (Å²) in [5.41, 5.74) is 7.03. The largest absolute Gasteiger partial charge is 0.366 e. The van der Waals surface area contributed by atoms with Crippen LogP contribution in [0, 0.1) is 0 Å². The van der Waals surface area contributed by atoms with E-state index < -0.39 is 0 Å². The van der Waals surface area contributed by atoms with Gasteiger partial charge in [0.1, 0.15) is 0 Å². The minimum absolute atomic E-state index is 0.357. The van der Waals surface area contributed by atoms with Crippen molar-refractivity contribution in [2.24, 2.45) is 5.73 Å². The monoisotopic (exact) mass is 234 g/mol. The van der Waals surface area contributed by atoms with Crippen LogP contribution >= 0.6 is 0 Å². The van der Waals surface area contributed by atoms with Gasteiger partial charge in [-0.1, -0.05) is 26.0 Å². The number of hydrogen-bond donors (Lipinski definition) is 1. The van der Waals surface area contributed by atoms with Gasteiger partial charge in [-0.05, 0) is 43.6 Å². The Kier molecular flexibility index (Phi) is 5.70. The standard InChI is InChI=1S/C14H22N2O/c1-3-8-16(9-4-2)11-12-6-5-7-13(10-12)14(15)17/h5-7,10H,3-4,8-9,11H2,1-2H3,(H2,15,17). The van der Waals surface area contributed by atoms with E-state index in [1.807, 2.05) is 18.2 Å². The van der Waals surface area contributed by atoms with Crippen molar-refractivity contribution in [3.8, 4) is 0 Å². The van der Waals surface area contributed by atoms with Crippen molar-refractivity contribution in [3.05, 3.63) is 35.4 Å². The number of nitrogens with two attached hydrogens (primary N) is 1. The number of rotatable bonds is 7. The first-order valence-electron chi connectivity index (χ1n) is 6.28. The average Bonchev–Trinajstić information content (AvgIpc) is 2.30. The third kappa shape index (κ3) is 4.57. The molecule has 1 amide bonds. The summed E-state index contributed by atoms with van der Waals surface area (Å²) >= 11 is 0. The molecule has 1 rings (SSSR count). The van der Waals surface area contributed by atoms with E-state index in [4.69, 9.17) is 5.73 Å². The number of benzene rings is 1. The molecule has 3 heteroatoms. The van der Waals surface area contributed by atoms with Gasteiger partial charge in [-0.25, -0.2) is 0 Å². The molecule has 0 fully saturated rings. The molecule has 0 saturated heterocycles. The average molecular weight is 234 g/mol. The summed E-state index contributed by atoms with van der Waals surface area (Å²) in [5, 5.41) is 0. The lowest BCUT2D eigenvalue weighted by atomic mass is 10.1. The van der Waals surface area contributed by atoms with Crippen molar-refractivity contribution >= 4 is 5.91 Å². The molecular weight excluding hydrogens is 212 g/mol. The molecule has 1 aromatic carbocycles. The maximum Gasteiger partial charge on any atom is 0.248 e. The second kappa shape index (κ2) is 7.07. The minimum atomic E-state index is -0.357. The van der Waals surface area contributed by atoms with Gasteiger partial charge >= 0.3 is 0 Å². The van der Waals surface area contributed by atoms with Gasteiger partial charge in [-0.3, -0.25) is 9.69 Å². The van der Waals surface area contributed by atoms with E-state index in [0.717, 1.165) is 38.0 Å². The summed E-state index contributed by atoms with van der Waals surface area (Å²) in [6.45, 7) is 7.44. The van der Waals surface area contributed by atoms with Gasteiger partial charge in [0.15, 0.2) is 0 Å². The van der Waals surface area contributed by atoms with Gasteiger partial charge < -0.3 is 5.73 Å². The van der Waals surface area contributed by atoms with Crippen LogP contribution in [0.4, 0.5) is 0 Å². The Morgan fingerprint density at radius 2 is 1.88 bits per heavy atom. The first-order chi connectivity index (χ1) is 8.17. The minimum Gasteiger partial charge on any atom is -0.366 e. The Bertz CT molecular complexity index is 357. The molecule has 0 heterocycles. The summed E-state index contributed by atoms with van der Waals surface area (Å²) in [6, 6.07) is 7.59. The quantitative estimate of drug-likeness (QED) is 0.787. The van der Waals surface area contributed by atoms with Crippen molar-refractivity contribution in [2.75, 3.05) is 13.1 Å². The van der Waals surface area contributed by atoms with Crippen LogP contribution in [0.1, 0.15) is 42.6 Å². The zero-order chi connectivity index (χ0) is 12.7. The van der Waals surface area contributed by atoms with E-state index in [1.165, 1.54) is 0 Å². The van der Waals surface area contributed by atoms with Gasteiger partial charge in [0.2, 0.25) is 5.91 Å². The number of nitrogens with zero attached hydrogens (tertiary/aromatic N) is 1. The molecule has 0 radical (unpaired) electrons. The molecule has 0 bridgehead atoms. The lowest BCUT2D eigenvalue weighted by molar-refractivity contribution is 0.1000. The molecule has 0 aromatic heterocycles. The number of amides is 1. The van der Waals surface area contributed by atoms with E-state index in [1.54, 1.807) is 6.07 Å². The normalized spacial score (nSPS) is 10.8. The third-order valence-corrected chi connectivity index (χ3v) is 2.70. The maximum atomic E-state index is 11.1. The number of primary amides is 1. The van der Waals surface area contributed by atoms with Gasteiger partial charge in [0, 0.05) is 12.1 Å². The Morgan fingerprint density at radius 3 is 2.41 bits per heavy atom. The number of carbonyl (C=O) groups is 1. The Morgan fingerprint density at radius 1 is 1.24 bits per heavy atom. The van der Waals surface area contributed by atoms with Crippen LogP contribution in [0.2, 0.25) is 0 Å². The molecule has 0 atom stereocenters. The SMILES string of the molecule is CCCN(CCC)Cc1cccc(C(N)=O)c1. The fourth-order valence-electron chi connectivity index (χ4n) is 1.98. The van der Waals surface area contributed by atoms with Crippen LogP contribution in [-0.2, 0) is 6.54 Å². The summed E-state index contributed by atoms with van der Waals surface area (Å²) in [6.07, 6.45) is 2.30. The van der Waals surface area contributed by atoms with Crippen LogP contribution < -0.4 is 5.73 Å². The lowest BCUT2D eigenvalue weighted by Crippen LogP contribution is -2.25. The van der Waals surface area contributed by atoms with Crippen molar-refractivity contribution < 1.29 is 4.79 Å². The molecular formula is C14H22N2O. The molecule has 0 saturated carbocycles. The van der Waals surface area contributed by atoms with Gasteiger partial charge in [-0.15, -0.1) is 0 Å². The molecule has 0 aliphatic heterocycles. The summed E-state index contributed by atoms with van der Waals surface area (Å²) in [7, 11) is 0. The summed E-state index contributed by atoms with van der Waals surface area (Å²) in [4.78, 5) is 13.5. The van der Waals surface area contributed by atoms with Gasteiger partial charge in [-0.2, -0.15) is 0 Å². The van der Waals surface area contributed by atoms with Crippen molar-refractivity contribution in [1.29, 1.82) is 0 Å². The molecule has 0 unspecified atom stereocenters. The molecule has 2 N–H and O–H groups in total. The van der Waals surface area contributed by atoms with Crippen LogP contribution in [0.25, 0.3) is 0 Å². The molecule has 0 spiro atoms. The molecule has 0 aliphatic carbocycles.